The highest BCUT2D eigenvalue weighted by Gasteiger charge is 2.27. The van der Waals surface area contributed by atoms with Gasteiger partial charge in [0.2, 0.25) is 0 Å². The van der Waals surface area contributed by atoms with Crippen LogP contribution in [0.15, 0.2) is 0 Å². The lowest BCUT2D eigenvalue weighted by Gasteiger charge is -2.29. The van der Waals surface area contributed by atoms with Gasteiger partial charge >= 0.3 is 0 Å². The van der Waals surface area contributed by atoms with E-state index in [0.29, 0.717) is 6.04 Å². The highest BCUT2D eigenvalue weighted by Crippen LogP contribution is 2.19. The second-order valence-corrected chi connectivity index (χ2v) is 6.19. The van der Waals surface area contributed by atoms with Gasteiger partial charge in [0.15, 0.2) is 0 Å². The lowest BCUT2D eigenvalue weighted by molar-refractivity contribution is 0.180. The first-order valence-corrected chi connectivity index (χ1v) is 6.86. The summed E-state index contributed by atoms with van der Waals surface area (Å²) in [6.07, 6.45) is 1.35. The Labute approximate surface area is 102 Å². The highest BCUT2D eigenvalue weighted by molar-refractivity contribution is 4.84. The van der Waals surface area contributed by atoms with Crippen LogP contribution < -0.4 is 0 Å². The Morgan fingerprint density at radius 1 is 1.19 bits per heavy atom. The molecular weight excluding hydrogens is 196 g/mol. The van der Waals surface area contributed by atoms with E-state index in [1.165, 1.54) is 26.1 Å². The van der Waals surface area contributed by atoms with E-state index in [1.807, 2.05) is 0 Å². The topological polar surface area (TPSA) is 6.48 Å². The van der Waals surface area contributed by atoms with Gasteiger partial charge in [-0.25, -0.2) is 0 Å². The summed E-state index contributed by atoms with van der Waals surface area (Å²) in [5.41, 5.74) is 0. The van der Waals surface area contributed by atoms with Crippen molar-refractivity contribution in [2.45, 2.75) is 53.1 Å². The van der Waals surface area contributed by atoms with Crippen molar-refractivity contribution in [3.63, 3.8) is 0 Å². The van der Waals surface area contributed by atoms with Crippen LogP contribution in [0.4, 0.5) is 0 Å². The summed E-state index contributed by atoms with van der Waals surface area (Å²) in [4.78, 5) is 5.17. The van der Waals surface area contributed by atoms with Crippen LogP contribution in [-0.4, -0.2) is 48.6 Å². The largest absolute Gasteiger partial charge is 0.302 e. The minimum atomic E-state index is 0.709. The zero-order valence-corrected chi connectivity index (χ0v) is 12.0. The second kappa shape index (κ2) is 6.02. The molecule has 0 aromatic rings. The van der Waals surface area contributed by atoms with Gasteiger partial charge in [-0.1, -0.05) is 20.8 Å². The van der Waals surface area contributed by atoms with E-state index in [4.69, 9.17) is 0 Å². The molecule has 16 heavy (non-hydrogen) atoms. The third kappa shape index (κ3) is 3.74. The van der Waals surface area contributed by atoms with Gasteiger partial charge < -0.3 is 4.90 Å². The molecule has 2 atom stereocenters. The van der Waals surface area contributed by atoms with Crippen molar-refractivity contribution in [1.82, 2.24) is 9.80 Å². The van der Waals surface area contributed by atoms with Crippen molar-refractivity contribution < 1.29 is 0 Å². The lowest BCUT2D eigenvalue weighted by atomic mass is 9.97. The first-order chi connectivity index (χ1) is 7.41. The van der Waals surface area contributed by atoms with E-state index in [9.17, 15) is 0 Å². The molecule has 2 nitrogen and oxygen atoms in total. The lowest BCUT2D eigenvalue weighted by Crippen LogP contribution is -2.39. The number of hydrogen-bond acceptors (Lipinski definition) is 2. The molecule has 1 aliphatic heterocycles. The smallest absolute Gasteiger partial charge is 0.0232 e. The summed E-state index contributed by atoms with van der Waals surface area (Å²) in [5, 5.41) is 0. The Morgan fingerprint density at radius 2 is 1.81 bits per heavy atom. The maximum absolute atomic E-state index is 2.60. The molecule has 0 saturated carbocycles. The number of nitrogens with zero attached hydrogens (tertiary/aromatic N) is 2. The van der Waals surface area contributed by atoms with E-state index in [1.54, 1.807) is 0 Å². The molecule has 0 bridgehead atoms. The van der Waals surface area contributed by atoms with E-state index >= 15 is 0 Å². The van der Waals surface area contributed by atoms with Crippen molar-refractivity contribution in [3.8, 4) is 0 Å². The summed E-state index contributed by atoms with van der Waals surface area (Å²) in [6, 6.07) is 1.49. The minimum absolute atomic E-state index is 0.709. The molecule has 0 aromatic heterocycles. The Morgan fingerprint density at radius 3 is 2.25 bits per heavy atom. The fraction of sp³-hybridized carbons (Fsp3) is 1.00. The van der Waals surface area contributed by atoms with Crippen LogP contribution in [-0.2, 0) is 0 Å². The third-order valence-corrected chi connectivity index (χ3v) is 4.26. The number of likely N-dealkylation sites (N-methyl/N-ethyl adjacent to an activating group) is 1. The second-order valence-electron chi connectivity index (χ2n) is 6.19. The van der Waals surface area contributed by atoms with E-state index in [0.717, 1.165) is 17.9 Å². The van der Waals surface area contributed by atoms with Crippen molar-refractivity contribution in [2.24, 2.45) is 11.8 Å². The van der Waals surface area contributed by atoms with Crippen LogP contribution in [0, 0.1) is 11.8 Å². The van der Waals surface area contributed by atoms with Crippen LogP contribution in [0.5, 0.6) is 0 Å². The molecule has 2 unspecified atom stereocenters. The zero-order valence-electron chi connectivity index (χ0n) is 12.0. The molecule has 96 valence electrons. The number of likely N-dealkylation sites (tertiary alicyclic amines) is 1. The zero-order chi connectivity index (χ0) is 12.3. The fourth-order valence-corrected chi connectivity index (χ4v) is 2.41. The van der Waals surface area contributed by atoms with Gasteiger partial charge in [0.1, 0.15) is 0 Å². The van der Waals surface area contributed by atoms with Gasteiger partial charge in [-0.2, -0.15) is 0 Å². The normalized spacial score (nSPS) is 24.9. The van der Waals surface area contributed by atoms with E-state index < -0.39 is 0 Å². The average molecular weight is 226 g/mol. The highest BCUT2D eigenvalue weighted by atomic mass is 15.3. The van der Waals surface area contributed by atoms with E-state index in [2.05, 4.69) is 51.5 Å². The first kappa shape index (κ1) is 14.0. The van der Waals surface area contributed by atoms with Gasteiger partial charge in [0.05, 0.1) is 0 Å². The standard InChI is InChI=1S/C14H30N2/c1-11(2)13(5)9-15(6)14-7-8-16(10-14)12(3)4/h11-14H,7-10H2,1-6H3. The fourth-order valence-electron chi connectivity index (χ4n) is 2.41. The molecule has 0 amide bonds. The summed E-state index contributed by atoms with van der Waals surface area (Å²) in [7, 11) is 2.30. The van der Waals surface area contributed by atoms with Gasteiger partial charge in [0.25, 0.3) is 0 Å². The van der Waals surface area contributed by atoms with Crippen LogP contribution in [0.3, 0.4) is 0 Å². The van der Waals surface area contributed by atoms with Crippen molar-refractivity contribution in [2.75, 3.05) is 26.7 Å². The summed E-state index contributed by atoms with van der Waals surface area (Å²) in [5.74, 6) is 1.60. The number of hydrogen-bond donors (Lipinski definition) is 0. The molecule has 2 heteroatoms. The Kier molecular flexibility index (Phi) is 5.26. The Balaban J connectivity index is 2.36. The summed E-state index contributed by atoms with van der Waals surface area (Å²) < 4.78 is 0. The predicted molar refractivity (Wildman–Crippen MR) is 71.7 cm³/mol. The molecule has 0 aromatic carbocycles. The average Bonchev–Trinajstić information content (AvgIpc) is 2.65. The Bertz CT molecular complexity index is 201. The van der Waals surface area contributed by atoms with Gasteiger partial charge in [-0.15, -0.1) is 0 Å². The molecular formula is C14H30N2. The molecule has 0 N–H and O–H groups in total. The minimum Gasteiger partial charge on any atom is -0.302 e. The predicted octanol–water partition coefficient (Wildman–Crippen LogP) is 2.69. The van der Waals surface area contributed by atoms with E-state index in [-0.39, 0.29) is 0 Å². The molecule has 1 rings (SSSR count). The first-order valence-electron chi connectivity index (χ1n) is 6.86. The molecule has 1 fully saturated rings. The molecule has 0 spiro atoms. The van der Waals surface area contributed by atoms with Gasteiger partial charge in [-0.3, -0.25) is 4.90 Å². The maximum Gasteiger partial charge on any atom is 0.0232 e. The quantitative estimate of drug-likeness (QED) is 0.711. The Hall–Kier alpha value is -0.0800. The van der Waals surface area contributed by atoms with Crippen LogP contribution >= 0.6 is 0 Å². The SMILES string of the molecule is CC(C)C(C)CN(C)C1CCN(C(C)C)C1. The maximum atomic E-state index is 2.60. The summed E-state index contributed by atoms with van der Waals surface area (Å²) in [6.45, 7) is 15.4. The van der Waals surface area contributed by atoms with Crippen LogP contribution in [0.1, 0.15) is 41.0 Å². The van der Waals surface area contributed by atoms with Crippen molar-refractivity contribution in [1.29, 1.82) is 0 Å². The molecule has 1 heterocycles. The monoisotopic (exact) mass is 226 g/mol. The van der Waals surface area contributed by atoms with Gasteiger partial charge in [-0.05, 0) is 39.2 Å². The molecule has 1 saturated heterocycles. The van der Waals surface area contributed by atoms with Crippen LogP contribution in [0.25, 0.3) is 0 Å². The van der Waals surface area contributed by atoms with Gasteiger partial charge in [0, 0.05) is 31.7 Å². The van der Waals surface area contributed by atoms with Crippen molar-refractivity contribution >= 4 is 0 Å². The molecule has 0 aliphatic carbocycles. The number of rotatable bonds is 5. The molecule has 1 aliphatic rings. The molecule has 0 radical (unpaired) electrons. The van der Waals surface area contributed by atoms with Crippen molar-refractivity contribution in [3.05, 3.63) is 0 Å². The van der Waals surface area contributed by atoms with Crippen LogP contribution in [0.2, 0.25) is 0 Å². The third-order valence-electron chi connectivity index (χ3n) is 4.26. The summed E-state index contributed by atoms with van der Waals surface area (Å²) >= 11 is 0.